The number of carbonyl (C=O) groups excluding carboxylic acids is 2. The molecule has 2 saturated heterocycles. The maximum atomic E-state index is 13.1. The zero-order valence-corrected chi connectivity index (χ0v) is 18.0. The van der Waals surface area contributed by atoms with Crippen LogP contribution in [0.25, 0.3) is 10.9 Å². The van der Waals surface area contributed by atoms with Crippen LogP contribution in [0.3, 0.4) is 0 Å². The van der Waals surface area contributed by atoms with E-state index in [0.29, 0.717) is 23.3 Å². The number of H-pyrrole nitrogens is 1. The Bertz CT molecular complexity index is 1140. The highest BCUT2D eigenvalue weighted by Gasteiger charge is 2.40. The molecule has 3 aromatic rings. The molecule has 9 heteroatoms. The topological polar surface area (TPSA) is 95.1 Å². The highest BCUT2D eigenvalue weighted by Crippen LogP contribution is 2.42. The molecule has 8 nitrogen and oxygen atoms in total. The first-order valence-electron chi connectivity index (χ1n) is 11.0. The van der Waals surface area contributed by atoms with Crippen molar-refractivity contribution in [2.45, 2.75) is 31.6 Å². The standard InChI is InChI=1S/C22H24N6O2S/c29-21(14-3-4-18-17(9-14)10-23-24-18)27-7-5-15-11-28(12-16(15)6-8-27)22(30)20-19(13-1-2-13)25-26-31-20/h3-4,9-10,13,15-16H,1-2,5-8,11-12H2,(H,23,24)/t15-,16-/m0/s1. The summed E-state index contributed by atoms with van der Waals surface area (Å²) in [6, 6.07) is 5.69. The summed E-state index contributed by atoms with van der Waals surface area (Å²) in [4.78, 5) is 30.9. The second-order valence-corrected chi connectivity index (χ2v) is 9.79. The average molecular weight is 437 g/mol. The van der Waals surface area contributed by atoms with Crippen LogP contribution in [0.1, 0.15) is 57.3 Å². The summed E-state index contributed by atoms with van der Waals surface area (Å²) in [7, 11) is 0. The van der Waals surface area contributed by atoms with Crippen molar-refractivity contribution >= 4 is 34.2 Å². The number of rotatable bonds is 3. The van der Waals surface area contributed by atoms with Gasteiger partial charge in [-0.05, 0) is 67.3 Å². The molecule has 160 valence electrons. The van der Waals surface area contributed by atoms with E-state index in [1.54, 1.807) is 6.20 Å². The summed E-state index contributed by atoms with van der Waals surface area (Å²) >= 11 is 1.24. The third-order valence-electron chi connectivity index (χ3n) is 7.05. The molecule has 2 aromatic heterocycles. The van der Waals surface area contributed by atoms with E-state index in [2.05, 4.69) is 19.8 Å². The van der Waals surface area contributed by atoms with Crippen molar-refractivity contribution in [2.75, 3.05) is 26.2 Å². The lowest BCUT2D eigenvalue weighted by molar-refractivity contribution is 0.0735. The molecule has 0 bridgehead atoms. The number of hydrogen-bond acceptors (Lipinski definition) is 6. The van der Waals surface area contributed by atoms with Crippen LogP contribution in [0.5, 0.6) is 0 Å². The van der Waals surface area contributed by atoms with Crippen LogP contribution in [-0.2, 0) is 0 Å². The van der Waals surface area contributed by atoms with Gasteiger partial charge in [0, 0.05) is 43.0 Å². The van der Waals surface area contributed by atoms with Gasteiger partial charge in [0.05, 0.1) is 17.4 Å². The summed E-state index contributed by atoms with van der Waals surface area (Å²) < 4.78 is 4.05. The fourth-order valence-corrected chi connectivity index (χ4v) is 5.81. The zero-order valence-electron chi connectivity index (χ0n) is 17.2. The first kappa shape index (κ1) is 18.9. The smallest absolute Gasteiger partial charge is 0.267 e. The van der Waals surface area contributed by atoms with Gasteiger partial charge in [-0.2, -0.15) is 5.10 Å². The molecule has 1 aromatic carbocycles. The van der Waals surface area contributed by atoms with E-state index >= 15 is 0 Å². The Labute approximate surface area is 183 Å². The SMILES string of the molecule is O=C(c1ccc2[nH]ncc2c1)N1CC[C@H]2CN(C(=O)c3snnc3C3CC3)C[C@@H]2CC1. The molecule has 2 aliphatic heterocycles. The Morgan fingerprint density at radius 3 is 2.52 bits per heavy atom. The molecule has 0 unspecified atom stereocenters. The zero-order chi connectivity index (χ0) is 20.9. The molecular weight excluding hydrogens is 412 g/mol. The minimum absolute atomic E-state index is 0.0841. The molecular formula is C22H24N6O2S. The second kappa shape index (κ2) is 7.40. The predicted octanol–water partition coefficient (Wildman–Crippen LogP) is 2.92. The number of aromatic amines is 1. The fraction of sp³-hybridized carbons (Fsp3) is 0.500. The molecule has 1 saturated carbocycles. The summed E-state index contributed by atoms with van der Waals surface area (Å²) in [5.41, 5.74) is 2.56. The number of hydrogen-bond donors (Lipinski definition) is 1. The van der Waals surface area contributed by atoms with Gasteiger partial charge in [0.25, 0.3) is 11.8 Å². The van der Waals surface area contributed by atoms with Crippen LogP contribution < -0.4 is 0 Å². The van der Waals surface area contributed by atoms with E-state index < -0.39 is 0 Å². The largest absolute Gasteiger partial charge is 0.339 e. The molecule has 6 rings (SSSR count). The number of carbonyl (C=O) groups is 2. The molecule has 1 N–H and O–H groups in total. The van der Waals surface area contributed by atoms with E-state index in [1.807, 2.05) is 28.0 Å². The minimum Gasteiger partial charge on any atom is -0.339 e. The first-order valence-corrected chi connectivity index (χ1v) is 11.8. The summed E-state index contributed by atoms with van der Waals surface area (Å²) in [6.07, 6.45) is 5.86. The average Bonchev–Trinajstić information content (AvgIpc) is 3.21. The predicted molar refractivity (Wildman–Crippen MR) is 116 cm³/mol. The monoisotopic (exact) mass is 436 g/mol. The van der Waals surface area contributed by atoms with Crippen molar-refractivity contribution in [3.05, 3.63) is 40.5 Å². The van der Waals surface area contributed by atoms with E-state index in [-0.39, 0.29) is 11.8 Å². The first-order chi connectivity index (χ1) is 15.2. The molecule has 2 amide bonds. The number of aromatic nitrogens is 4. The Morgan fingerprint density at radius 1 is 1.00 bits per heavy atom. The molecule has 4 heterocycles. The maximum Gasteiger partial charge on any atom is 0.267 e. The Hall–Kier alpha value is -2.81. The van der Waals surface area contributed by atoms with Gasteiger partial charge in [0.1, 0.15) is 4.88 Å². The lowest BCUT2D eigenvalue weighted by Gasteiger charge is -2.22. The van der Waals surface area contributed by atoms with Crippen molar-refractivity contribution in [3.8, 4) is 0 Å². The summed E-state index contributed by atoms with van der Waals surface area (Å²) in [5.74, 6) is 1.52. The van der Waals surface area contributed by atoms with Crippen molar-refractivity contribution in [3.63, 3.8) is 0 Å². The van der Waals surface area contributed by atoms with Crippen LogP contribution in [-0.4, -0.2) is 67.6 Å². The van der Waals surface area contributed by atoms with Crippen LogP contribution in [0.15, 0.2) is 24.4 Å². The Balaban J connectivity index is 1.12. The van der Waals surface area contributed by atoms with Gasteiger partial charge in [-0.1, -0.05) is 4.49 Å². The molecule has 2 atom stereocenters. The number of fused-ring (bicyclic) bond motifs is 2. The molecule has 1 aliphatic carbocycles. The fourth-order valence-electron chi connectivity index (χ4n) is 5.09. The van der Waals surface area contributed by atoms with Gasteiger partial charge in [-0.3, -0.25) is 14.7 Å². The van der Waals surface area contributed by atoms with Gasteiger partial charge < -0.3 is 9.80 Å². The molecule has 3 aliphatic rings. The number of likely N-dealkylation sites (tertiary alicyclic amines) is 2. The third kappa shape index (κ3) is 3.40. The van der Waals surface area contributed by atoms with E-state index in [1.165, 1.54) is 11.5 Å². The Kier molecular flexibility index (Phi) is 4.52. The minimum atomic E-state index is 0.0841. The van der Waals surface area contributed by atoms with E-state index in [0.717, 1.165) is 73.3 Å². The van der Waals surface area contributed by atoms with Crippen LogP contribution in [0.2, 0.25) is 0 Å². The quantitative estimate of drug-likeness (QED) is 0.681. The number of benzene rings is 1. The number of amides is 2. The van der Waals surface area contributed by atoms with Gasteiger partial charge in [0.15, 0.2) is 0 Å². The van der Waals surface area contributed by atoms with Crippen molar-refractivity contribution in [1.29, 1.82) is 0 Å². The van der Waals surface area contributed by atoms with Gasteiger partial charge in [0.2, 0.25) is 0 Å². The maximum absolute atomic E-state index is 13.1. The molecule has 31 heavy (non-hydrogen) atoms. The summed E-state index contributed by atoms with van der Waals surface area (Å²) in [6.45, 7) is 3.02. The Morgan fingerprint density at radius 2 is 1.77 bits per heavy atom. The highest BCUT2D eigenvalue weighted by atomic mass is 32.1. The van der Waals surface area contributed by atoms with Gasteiger partial charge >= 0.3 is 0 Å². The van der Waals surface area contributed by atoms with E-state index in [4.69, 9.17) is 0 Å². The van der Waals surface area contributed by atoms with Gasteiger partial charge in [-0.25, -0.2) is 0 Å². The van der Waals surface area contributed by atoms with Crippen LogP contribution >= 0.6 is 11.5 Å². The lowest BCUT2D eigenvalue weighted by Crippen LogP contribution is -2.34. The second-order valence-electron chi connectivity index (χ2n) is 9.03. The number of nitrogens with one attached hydrogen (secondary N) is 1. The van der Waals surface area contributed by atoms with E-state index in [9.17, 15) is 9.59 Å². The van der Waals surface area contributed by atoms with Crippen molar-refractivity contribution < 1.29 is 9.59 Å². The number of nitrogens with zero attached hydrogens (tertiary/aromatic N) is 5. The highest BCUT2D eigenvalue weighted by molar-refractivity contribution is 7.08. The summed E-state index contributed by atoms with van der Waals surface area (Å²) in [5, 5.41) is 12.1. The third-order valence-corrected chi connectivity index (χ3v) is 7.78. The molecule has 3 fully saturated rings. The molecule has 0 spiro atoms. The van der Waals surface area contributed by atoms with Gasteiger partial charge in [-0.15, -0.1) is 5.10 Å². The van der Waals surface area contributed by atoms with Crippen LogP contribution in [0, 0.1) is 11.8 Å². The molecule has 0 radical (unpaired) electrons. The van der Waals surface area contributed by atoms with Crippen molar-refractivity contribution in [1.82, 2.24) is 29.6 Å². The normalized spacial score (nSPS) is 23.7. The van der Waals surface area contributed by atoms with Crippen LogP contribution in [0.4, 0.5) is 0 Å². The van der Waals surface area contributed by atoms with Crippen molar-refractivity contribution in [2.24, 2.45) is 11.8 Å². The lowest BCUT2D eigenvalue weighted by atomic mass is 9.92.